The zero-order valence-corrected chi connectivity index (χ0v) is 12.1. The van der Waals surface area contributed by atoms with Crippen LogP contribution in [0.5, 0.6) is 0 Å². The summed E-state index contributed by atoms with van der Waals surface area (Å²) in [5.74, 6) is -0.142. The van der Waals surface area contributed by atoms with Crippen molar-refractivity contribution in [1.82, 2.24) is 10.2 Å². The molecule has 6 heteroatoms. The number of carbonyl (C=O) groups is 1. The average molecular weight is 298 g/mol. The lowest BCUT2D eigenvalue weighted by Gasteiger charge is -2.07. The maximum atomic E-state index is 12.0. The Morgan fingerprint density at radius 3 is 2.68 bits per heavy atom. The first-order chi connectivity index (χ1) is 8.97. The Bertz CT molecular complexity index is 603. The number of rotatable bonds is 3. The number of carbonyl (C=O) groups excluding carboxylic acids is 1. The molecule has 19 heavy (non-hydrogen) atoms. The van der Waals surface area contributed by atoms with Gasteiger partial charge in [0.2, 0.25) is 5.91 Å². The van der Waals surface area contributed by atoms with Crippen molar-refractivity contribution in [2.45, 2.75) is 20.3 Å². The van der Waals surface area contributed by atoms with Crippen molar-refractivity contribution >= 4 is 34.8 Å². The van der Waals surface area contributed by atoms with Crippen molar-refractivity contribution in [1.29, 1.82) is 0 Å². The Labute approximate surface area is 121 Å². The zero-order valence-electron chi connectivity index (χ0n) is 10.6. The zero-order chi connectivity index (χ0) is 14.0. The molecule has 1 heterocycles. The van der Waals surface area contributed by atoms with Crippen LogP contribution < -0.4 is 5.32 Å². The molecule has 0 radical (unpaired) electrons. The second-order valence-electron chi connectivity index (χ2n) is 4.27. The lowest BCUT2D eigenvalue weighted by Crippen LogP contribution is -2.15. The maximum Gasteiger partial charge on any atom is 0.228 e. The van der Waals surface area contributed by atoms with E-state index in [1.165, 1.54) is 0 Å². The maximum absolute atomic E-state index is 12.0. The third kappa shape index (κ3) is 3.28. The molecule has 0 unspecified atom stereocenters. The molecule has 0 fully saturated rings. The first-order valence-corrected chi connectivity index (χ1v) is 6.48. The summed E-state index contributed by atoms with van der Waals surface area (Å²) in [7, 11) is 0. The van der Waals surface area contributed by atoms with E-state index in [9.17, 15) is 4.79 Å². The van der Waals surface area contributed by atoms with E-state index in [-0.39, 0.29) is 12.3 Å². The molecule has 0 aliphatic carbocycles. The molecular formula is C13H13Cl2N3O. The summed E-state index contributed by atoms with van der Waals surface area (Å²) in [6, 6.07) is 5.09. The predicted molar refractivity (Wildman–Crippen MR) is 76.9 cm³/mol. The van der Waals surface area contributed by atoms with Gasteiger partial charge < -0.3 is 5.32 Å². The van der Waals surface area contributed by atoms with E-state index >= 15 is 0 Å². The largest absolute Gasteiger partial charge is 0.323 e. The van der Waals surface area contributed by atoms with E-state index in [1.807, 2.05) is 13.8 Å². The van der Waals surface area contributed by atoms with Crippen LogP contribution in [0.2, 0.25) is 10.0 Å². The van der Waals surface area contributed by atoms with Crippen molar-refractivity contribution in [3.63, 3.8) is 0 Å². The summed E-state index contributed by atoms with van der Waals surface area (Å²) in [6.07, 6.45) is 0.195. The third-order valence-electron chi connectivity index (χ3n) is 2.76. The number of hydrogen-bond donors (Lipinski definition) is 2. The highest BCUT2D eigenvalue weighted by Crippen LogP contribution is 2.22. The van der Waals surface area contributed by atoms with Crippen LogP contribution in [0, 0.1) is 13.8 Å². The minimum Gasteiger partial charge on any atom is -0.323 e. The van der Waals surface area contributed by atoms with Gasteiger partial charge in [-0.3, -0.25) is 9.89 Å². The van der Waals surface area contributed by atoms with E-state index in [0.717, 1.165) is 22.6 Å². The quantitative estimate of drug-likeness (QED) is 0.911. The van der Waals surface area contributed by atoms with E-state index in [0.29, 0.717) is 10.0 Å². The summed E-state index contributed by atoms with van der Waals surface area (Å²) in [5.41, 5.74) is 3.04. The number of nitrogens with one attached hydrogen (secondary N) is 2. The summed E-state index contributed by atoms with van der Waals surface area (Å²) >= 11 is 11.8. The molecule has 0 saturated heterocycles. The predicted octanol–water partition coefficient (Wildman–Crippen LogP) is 3.51. The van der Waals surface area contributed by atoms with E-state index in [4.69, 9.17) is 23.2 Å². The number of halogens is 2. The fourth-order valence-electron chi connectivity index (χ4n) is 1.76. The fourth-order valence-corrected chi connectivity index (χ4v) is 2.23. The van der Waals surface area contributed by atoms with Gasteiger partial charge in [0.1, 0.15) is 0 Å². The number of H-pyrrole nitrogens is 1. The molecule has 100 valence electrons. The highest BCUT2D eigenvalue weighted by atomic mass is 35.5. The van der Waals surface area contributed by atoms with Crippen LogP contribution in [0.25, 0.3) is 0 Å². The molecule has 2 aromatic rings. The Kier molecular flexibility index (Phi) is 4.12. The van der Waals surface area contributed by atoms with Crippen LogP contribution in [0.4, 0.5) is 5.69 Å². The number of anilines is 1. The Morgan fingerprint density at radius 2 is 2.11 bits per heavy atom. The van der Waals surface area contributed by atoms with Gasteiger partial charge in [0, 0.05) is 10.0 Å². The SMILES string of the molecule is Cc1n[nH]c(C)c1NC(=O)Cc1ccc(Cl)cc1Cl. The first-order valence-electron chi connectivity index (χ1n) is 5.72. The summed E-state index contributed by atoms with van der Waals surface area (Å²) in [4.78, 5) is 12.0. The van der Waals surface area contributed by atoms with Crippen LogP contribution in [-0.4, -0.2) is 16.1 Å². The van der Waals surface area contributed by atoms with Gasteiger partial charge in [0.15, 0.2) is 0 Å². The lowest BCUT2D eigenvalue weighted by molar-refractivity contribution is -0.115. The molecule has 2 rings (SSSR count). The average Bonchev–Trinajstić information content (AvgIpc) is 2.65. The third-order valence-corrected chi connectivity index (χ3v) is 3.35. The van der Waals surface area contributed by atoms with Crippen molar-refractivity contribution < 1.29 is 4.79 Å². The molecule has 1 aromatic carbocycles. The smallest absolute Gasteiger partial charge is 0.228 e. The van der Waals surface area contributed by atoms with Gasteiger partial charge in [-0.25, -0.2) is 0 Å². The molecule has 0 saturated carbocycles. The van der Waals surface area contributed by atoms with E-state index in [2.05, 4.69) is 15.5 Å². The number of aryl methyl sites for hydroxylation is 2. The molecule has 4 nitrogen and oxygen atoms in total. The number of nitrogens with zero attached hydrogens (tertiary/aromatic N) is 1. The minimum absolute atomic E-state index is 0.142. The second kappa shape index (κ2) is 5.63. The Hall–Kier alpha value is -1.52. The van der Waals surface area contributed by atoms with Gasteiger partial charge in [-0.1, -0.05) is 29.3 Å². The number of benzene rings is 1. The first kappa shape index (κ1) is 13.9. The normalized spacial score (nSPS) is 10.5. The molecule has 2 N–H and O–H groups in total. The summed E-state index contributed by atoms with van der Waals surface area (Å²) in [6.45, 7) is 3.68. The van der Waals surface area contributed by atoms with E-state index in [1.54, 1.807) is 18.2 Å². The molecule has 1 amide bonds. The lowest BCUT2D eigenvalue weighted by atomic mass is 10.1. The molecule has 0 atom stereocenters. The highest BCUT2D eigenvalue weighted by molar-refractivity contribution is 6.35. The molecule has 1 aromatic heterocycles. The van der Waals surface area contributed by atoms with Crippen molar-refractivity contribution in [3.05, 3.63) is 45.2 Å². The minimum atomic E-state index is -0.142. The van der Waals surface area contributed by atoms with Gasteiger partial charge >= 0.3 is 0 Å². The van der Waals surface area contributed by atoms with Gasteiger partial charge in [0.25, 0.3) is 0 Å². The number of amides is 1. The molecule has 0 aliphatic heterocycles. The Morgan fingerprint density at radius 1 is 1.37 bits per heavy atom. The van der Waals surface area contributed by atoms with Gasteiger partial charge in [-0.05, 0) is 31.5 Å². The molecule has 0 bridgehead atoms. The topological polar surface area (TPSA) is 57.8 Å². The van der Waals surface area contributed by atoms with Crippen LogP contribution >= 0.6 is 23.2 Å². The van der Waals surface area contributed by atoms with Gasteiger partial charge in [-0.15, -0.1) is 0 Å². The van der Waals surface area contributed by atoms with Crippen LogP contribution in [-0.2, 0) is 11.2 Å². The molecule has 0 spiro atoms. The molecular weight excluding hydrogens is 285 g/mol. The number of aromatic amines is 1. The van der Waals surface area contributed by atoms with Crippen molar-refractivity contribution in [2.75, 3.05) is 5.32 Å². The highest BCUT2D eigenvalue weighted by Gasteiger charge is 2.12. The van der Waals surface area contributed by atoms with Crippen molar-refractivity contribution in [3.8, 4) is 0 Å². The second-order valence-corrected chi connectivity index (χ2v) is 5.11. The van der Waals surface area contributed by atoms with E-state index < -0.39 is 0 Å². The van der Waals surface area contributed by atoms with Crippen LogP contribution in [0.3, 0.4) is 0 Å². The Balaban J connectivity index is 2.10. The molecule has 0 aliphatic rings. The van der Waals surface area contributed by atoms with Gasteiger partial charge in [-0.2, -0.15) is 5.10 Å². The fraction of sp³-hybridized carbons (Fsp3) is 0.231. The number of hydrogen-bond acceptors (Lipinski definition) is 2. The van der Waals surface area contributed by atoms with Crippen LogP contribution in [0.15, 0.2) is 18.2 Å². The standard InChI is InChI=1S/C13H13Cl2N3O/c1-7-13(8(2)18-17-7)16-12(19)5-9-3-4-10(14)6-11(9)15/h3-4,6H,5H2,1-2H3,(H,16,19)(H,17,18). The summed E-state index contributed by atoms with van der Waals surface area (Å²) < 4.78 is 0. The number of aromatic nitrogens is 2. The monoisotopic (exact) mass is 297 g/mol. The summed E-state index contributed by atoms with van der Waals surface area (Å²) in [5, 5.41) is 10.7. The van der Waals surface area contributed by atoms with Crippen molar-refractivity contribution in [2.24, 2.45) is 0 Å². The van der Waals surface area contributed by atoms with Gasteiger partial charge in [0.05, 0.1) is 23.5 Å². The van der Waals surface area contributed by atoms with Crippen LogP contribution in [0.1, 0.15) is 17.0 Å².